The molecule has 0 bridgehead atoms. The van der Waals surface area contributed by atoms with Crippen molar-refractivity contribution in [2.24, 2.45) is 0 Å². The fourth-order valence-electron chi connectivity index (χ4n) is 2.69. The molecule has 2 rings (SSSR count). The number of carbonyl (C=O) groups excluding carboxylic acids is 2. The molecule has 0 fully saturated rings. The van der Waals surface area contributed by atoms with Gasteiger partial charge in [-0.2, -0.15) is 0 Å². The van der Waals surface area contributed by atoms with Gasteiger partial charge in [-0.25, -0.2) is 0 Å². The summed E-state index contributed by atoms with van der Waals surface area (Å²) in [6.45, 7) is 8.27. The van der Waals surface area contributed by atoms with Gasteiger partial charge >= 0.3 is 0 Å². The fourth-order valence-corrected chi connectivity index (χ4v) is 3.06. The number of halogens is 1. The summed E-state index contributed by atoms with van der Waals surface area (Å²) in [5.41, 5.74) is 3.89. The van der Waals surface area contributed by atoms with E-state index in [1.54, 1.807) is 0 Å². The van der Waals surface area contributed by atoms with Crippen molar-refractivity contribution >= 4 is 33.4 Å². The van der Waals surface area contributed by atoms with Crippen molar-refractivity contribution in [3.05, 3.63) is 57.6 Å². The van der Waals surface area contributed by atoms with Gasteiger partial charge in [-0.05, 0) is 54.7 Å². The Bertz CT molecular complexity index is 850. The first-order valence-corrected chi connectivity index (χ1v) is 10.1. The van der Waals surface area contributed by atoms with Gasteiger partial charge in [0.2, 0.25) is 5.91 Å². The molecule has 2 N–H and O–H groups in total. The number of nitrogens with one attached hydrogen (secondary N) is 2. The quantitative estimate of drug-likeness (QED) is 0.616. The number of rotatable bonds is 8. The van der Waals surface area contributed by atoms with Crippen LogP contribution in [0.15, 0.2) is 40.9 Å². The Morgan fingerprint density at radius 1 is 1.07 bits per heavy atom. The molecule has 0 spiro atoms. The van der Waals surface area contributed by atoms with Crippen LogP contribution in [0, 0.1) is 13.8 Å². The molecule has 28 heavy (non-hydrogen) atoms. The average Bonchev–Trinajstić information content (AvgIpc) is 2.63. The number of carbonyl (C=O) groups is 2. The zero-order valence-electron chi connectivity index (χ0n) is 16.8. The van der Waals surface area contributed by atoms with Crippen LogP contribution in [-0.2, 0) is 9.59 Å². The van der Waals surface area contributed by atoms with Gasteiger partial charge in [-0.15, -0.1) is 0 Å². The second-order valence-electron chi connectivity index (χ2n) is 7.09. The highest BCUT2D eigenvalue weighted by Crippen LogP contribution is 2.27. The van der Waals surface area contributed by atoms with Gasteiger partial charge in [-0.3, -0.25) is 9.59 Å². The summed E-state index contributed by atoms with van der Waals surface area (Å²) in [6, 6.07) is 11.7. The zero-order chi connectivity index (χ0) is 20.7. The van der Waals surface area contributed by atoms with Crippen molar-refractivity contribution in [3.63, 3.8) is 0 Å². The smallest absolute Gasteiger partial charge is 0.257 e. The monoisotopic (exact) mass is 446 g/mol. The van der Waals surface area contributed by atoms with Crippen LogP contribution in [0.2, 0.25) is 0 Å². The zero-order valence-corrected chi connectivity index (χ0v) is 18.4. The van der Waals surface area contributed by atoms with Gasteiger partial charge < -0.3 is 15.4 Å². The SMILES string of the molecule is Cc1ccc(C(C)C)c(OCC(=O)NCCC(=O)Nc2cc(Br)ccc2C)c1. The first-order valence-electron chi connectivity index (χ1n) is 9.32. The third-order valence-corrected chi connectivity index (χ3v) is 4.79. The van der Waals surface area contributed by atoms with Crippen molar-refractivity contribution in [2.75, 3.05) is 18.5 Å². The van der Waals surface area contributed by atoms with Crippen LogP contribution in [0.5, 0.6) is 5.75 Å². The Morgan fingerprint density at radius 3 is 2.54 bits per heavy atom. The van der Waals surface area contributed by atoms with Crippen molar-refractivity contribution in [3.8, 4) is 5.75 Å². The first-order chi connectivity index (χ1) is 13.3. The minimum Gasteiger partial charge on any atom is -0.483 e. The van der Waals surface area contributed by atoms with E-state index in [0.29, 0.717) is 5.92 Å². The number of amides is 2. The number of benzene rings is 2. The van der Waals surface area contributed by atoms with Crippen molar-refractivity contribution in [1.29, 1.82) is 0 Å². The lowest BCUT2D eigenvalue weighted by Crippen LogP contribution is -2.31. The molecule has 2 aromatic rings. The van der Waals surface area contributed by atoms with Gasteiger partial charge in [0, 0.05) is 23.1 Å². The molecular weight excluding hydrogens is 420 g/mol. The minimum absolute atomic E-state index is 0.0739. The average molecular weight is 447 g/mol. The largest absolute Gasteiger partial charge is 0.483 e. The van der Waals surface area contributed by atoms with Gasteiger partial charge in [-0.1, -0.05) is 48.0 Å². The molecule has 0 radical (unpaired) electrons. The maximum absolute atomic E-state index is 12.1. The van der Waals surface area contributed by atoms with Crippen LogP contribution in [0.1, 0.15) is 42.9 Å². The van der Waals surface area contributed by atoms with Crippen molar-refractivity contribution in [1.82, 2.24) is 5.32 Å². The normalized spacial score (nSPS) is 10.6. The molecule has 0 atom stereocenters. The minimum atomic E-state index is -0.248. The molecule has 0 aliphatic carbocycles. The third-order valence-electron chi connectivity index (χ3n) is 4.30. The van der Waals surface area contributed by atoms with Crippen LogP contribution in [-0.4, -0.2) is 25.0 Å². The van der Waals surface area contributed by atoms with E-state index in [4.69, 9.17) is 4.74 Å². The van der Waals surface area contributed by atoms with E-state index in [0.717, 1.165) is 32.6 Å². The molecule has 2 amide bonds. The first kappa shape index (κ1) is 22.0. The molecule has 0 saturated carbocycles. The van der Waals surface area contributed by atoms with E-state index < -0.39 is 0 Å². The number of hydrogen-bond donors (Lipinski definition) is 2. The lowest BCUT2D eigenvalue weighted by Gasteiger charge is -2.15. The van der Waals surface area contributed by atoms with Crippen molar-refractivity contribution < 1.29 is 14.3 Å². The lowest BCUT2D eigenvalue weighted by molar-refractivity contribution is -0.123. The van der Waals surface area contributed by atoms with Crippen LogP contribution in [0.3, 0.4) is 0 Å². The number of ether oxygens (including phenoxy) is 1. The summed E-state index contributed by atoms with van der Waals surface area (Å²) >= 11 is 3.39. The number of aryl methyl sites for hydroxylation is 2. The second kappa shape index (κ2) is 10.3. The topological polar surface area (TPSA) is 67.4 Å². The molecule has 5 nitrogen and oxygen atoms in total. The molecule has 0 aliphatic rings. The highest BCUT2D eigenvalue weighted by molar-refractivity contribution is 9.10. The summed E-state index contributed by atoms with van der Waals surface area (Å²) < 4.78 is 6.60. The molecule has 0 aromatic heterocycles. The molecular formula is C22H27BrN2O3. The maximum Gasteiger partial charge on any atom is 0.257 e. The van der Waals surface area contributed by atoms with E-state index in [9.17, 15) is 9.59 Å². The van der Waals surface area contributed by atoms with Crippen LogP contribution < -0.4 is 15.4 Å². The Labute approximate surface area is 175 Å². The Balaban J connectivity index is 1.78. The van der Waals surface area contributed by atoms with Gasteiger partial charge in [0.15, 0.2) is 6.61 Å². The van der Waals surface area contributed by atoms with E-state index >= 15 is 0 Å². The summed E-state index contributed by atoms with van der Waals surface area (Å²) in [5, 5.41) is 5.58. The predicted molar refractivity (Wildman–Crippen MR) is 116 cm³/mol. The second-order valence-corrected chi connectivity index (χ2v) is 8.01. The number of anilines is 1. The fraction of sp³-hybridized carbons (Fsp3) is 0.364. The Morgan fingerprint density at radius 2 is 1.82 bits per heavy atom. The molecule has 0 unspecified atom stereocenters. The summed E-state index contributed by atoms with van der Waals surface area (Å²) in [5.74, 6) is 0.641. The lowest BCUT2D eigenvalue weighted by atomic mass is 10.0. The van der Waals surface area contributed by atoms with E-state index in [1.807, 2.05) is 50.2 Å². The Kier molecular flexibility index (Phi) is 8.05. The molecule has 2 aromatic carbocycles. The van der Waals surface area contributed by atoms with E-state index in [1.165, 1.54) is 0 Å². The van der Waals surface area contributed by atoms with Crippen LogP contribution in [0.4, 0.5) is 5.69 Å². The highest BCUT2D eigenvalue weighted by atomic mass is 79.9. The highest BCUT2D eigenvalue weighted by Gasteiger charge is 2.11. The summed E-state index contributed by atoms with van der Waals surface area (Å²) in [4.78, 5) is 24.1. The Hall–Kier alpha value is -2.34. The summed E-state index contributed by atoms with van der Waals surface area (Å²) in [7, 11) is 0. The van der Waals surface area contributed by atoms with Gasteiger partial charge in [0.1, 0.15) is 5.75 Å². The van der Waals surface area contributed by atoms with Crippen LogP contribution in [0.25, 0.3) is 0 Å². The molecule has 0 saturated heterocycles. The number of hydrogen-bond acceptors (Lipinski definition) is 3. The molecule has 150 valence electrons. The van der Waals surface area contributed by atoms with Crippen LogP contribution >= 0.6 is 15.9 Å². The maximum atomic E-state index is 12.1. The summed E-state index contributed by atoms with van der Waals surface area (Å²) in [6.07, 6.45) is 0.194. The molecule has 0 heterocycles. The molecule has 6 heteroatoms. The standard InChI is InChI=1S/C22H27BrN2O3/c1-14(2)18-8-5-15(3)11-20(18)28-13-22(27)24-10-9-21(26)25-19-12-17(23)7-6-16(19)4/h5-8,11-12,14H,9-10,13H2,1-4H3,(H,24,27)(H,25,26). The van der Waals surface area contributed by atoms with E-state index in [2.05, 4.69) is 40.4 Å². The predicted octanol–water partition coefficient (Wildman–Crippen LogP) is 4.71. The van der Waals surface area contributed by atoms with Gasteiger partial charge in [0.05, 0.1) is 0 Å². The molecule has 0 aliphatic heterocycles. The van der Waals surface area contributed by atoms with E-state index in [-0.39, 0.29) is 31.4 Å². The van der Waals surface area contributed by atoms with Gasteiger partial charge in [0.25, 0.3) is 5.91 Å². The van der Waals surface area contributed by atoms with Crippen molar-refractivity contribution in [2.45, 2.75) is 40.0 Å². The third kappa shape index (κ3) is 6.68.